The van der Waals surface area contributed by atoms with E-state index in [4.69, 9.17) is 0 Å². The van der Waals surface area contributed by atoms with Gasteiger partial charge >= 0.3 is 0 Å². The van der Waals surface area contributed by atoms with Crippen molar-refractivity contribution in [1.82, 2.24) is 4.90 Å². The van der Waals surface area contributed by atoms with Crippen molar-refractivity contribution in [1.29, 1.82) is 0 Å². The van der Waals surface area contributed by atoms with E-state index in [1.165, 1.54) is 27.8 Å². The second-order valence-corrected chi connectivity index (χ2v) is 7.65. The molecular weight excluding hydrogens is 344 g/mol. The minimum Gasteiger partial charge on any atom is -0.336 e. The first-order valence-electron chi connectivity index (χ1n) is 8.58. The van der Waals surface area contributed by atoms with Gasteiger partial charge in [-0.3, -0.25) is 9.59 Å². The first-order valence-corrected chi connectivity index (χ1v) is 9.56. The molecule has 1 N–H and O–H groups in total. The number of aryl methyl sites for hydroxylation is 4. The van der Waals surface area contributed by atoms with Crippen LogP contribution in [0.1, 0.15) is 22.3 Å². The Morgan fingerprint density at radius 2 is 1.62 bits per heavy atom. The Morgan fingerprint density at radius 3 is 2.23 bits per heavy atom. The molecule has 0 heterocycles. The molecule has 0 unspecified atom stereocenters. The van der Waals surface area contributed by atoms with Gasteiger partial charge in [-0.1, -0.05) is 24.3 Å². The molecule has 5 heteroatoms. The molecule has 0 aliphatic carbocycles. The predicted octanol–water partition coefficient (Wildman–Crippen LogP) is 4.11. The van der Waals surface area contributed by atoms with Gasteiger partial charge in [0.15, 0.2) is 0 Å². The van der Waals surface area contributed by atoms with Crippen molar-refractivity contribution in [2.75, 3.05) is 24.7 Å². The minimum absolute atomic E-state index is 0.0418. The van der Waals surface area contributed by atoms with Crippen LogP contribution in [0.4, 0.5) is 5.69 Å². The van der Waals surface area contributed by atoms with Crippen molar-refractivity contribution in [2.24, 2.45) is 0 Å². The third-order valence-corrected chi connectivity index (χ3v) is 5.37. The SMILES string of the molecule is Cc1ccc(SCC(=O)N(C)CC(=O)Nc2c(C)cccc2C)cc1C. The van der Waals surface area contributed by atoms with Gasteiger partial charge in [-0.2, -0.15) is 0 Å². The van der Waals surface area contributed by atoms with Crippen molar-refractivity contribution in [3.05, 3.63) is 58.7 Å². The summed E-state index contributed by atoms with van der Waals surface area (Å²) in [7, 11) is 1.66. The Hall–Kier alpha value is -2.27. The standard InChI is InChI=1S/C21H26N2O2S/c1-14-9-10-18(11-17(14)4)26-13-20(25)23(5)12-19(24)22-21-15(2)7-6-8-16(21)3/h6-11H,12-13H2,1-5H3,(H,22,24). The van der Waals surface area contributed by atoms with Crippen LogP contribution < -0.4 is 5.32 Å². The van der Waals surface area contributed by atoms with E-state index in [0.717, 1.165) is 21.7 Å². The normalized spacial score (nSPS) is 10.5. The third-order valence-electron chi connectivity index (χ3n) is 4.39. The van der Waals surface area contributed by atoms with Gasteiger partial charge in [0, 0.05) is 17.6 Å². The van der Waals surface area contributed by atoms with Crippen LogP contribution in [0.15, 0.2) is 41.3 Å². The van der Waals surface area contributed by atoms with Crippen molar-refractivity contribution in [2.45, 2.75) is 32.6 Å². The average molecular weight is 371 g/mol. The highest BCUT2D eigenvalue weighted by Gasteiger charge is 2.15. The van der Waals surface area contributed by atoms with E-state index >= 15 is 0 Å². The monoisotopic (exact) mass is 370 g/mol. The largest absolute Gasteiger partial charge is 0.336 e. The maximum Gasteiger partial charge on any atom is 0.243 e. The van der Waals surface area contributed by atoms with Crippen LogP contribution in [0.5, 0.6) is 0 Å². The number of amides is 2. The van der Waals surface area contributed by atoms with Gasteiger partial charge < -0.3 is 10.2 Å². The number of rotatable bonds is 6. The number of hydrogen-bond acceptors (Lipinski definition) is 3. The highest BCUT2D eigenvalue weighted by atomic mass is 32.2. The number of nitrogens with zero attached hydrogens (tertiary/aromatic N) is 1. The molecule has 0 fully saturated rings. The Balaban J connectivity index is 1.88. The summed E-state index contributed by atoms with van der Waals surface area (Å²) in [5.74, 6) is 0.0645. The lowest BCUT2D eigenvalue weighted by Gasteiger charge is -2.18. The molecule has 0 spiro atoms. The van der Waals surface area contributed by atoms with E-state index in [-0.39, 0.29) is 18.4 Å². The van der Waals surface area contributed by atoms with E-state index in [2.05, 4.69) is 31.3 Å². The molecule has 0 aromatic heterocycles. The molecule has 0 aliphatic heterocycles. The molecule has 2 rings (SSSR count). The van der Waals surface area contributed by atoms with Gasteiger partial charge in [0.1, 0.15) is 0 Å². The zero-order valence-corrected chi connectivity index (χ0v) is 16.9. The zero-order valence-electron chi connectivity index (χ0n) is 16.1. The minimum atomic E-state index is -0.186. The van der Waals surface area contributed by atoms with Gasteiger partial charge in [0.25, 0.3) is 0 Å². The molecule has 26 heavy (non-hydrogen) atoms. The summed E-state index contributed by atoms with van der Waals surface area (Å²) in [5, 5.41) is 2.91. The molecular formula is C21H26N2O2S. The number of carbonyl (C=O) groups excluding carboxylic acids is 2. The number of benzene rings is 2. The molecule has 0 saturated heterocycles. The molecule has 2 amide bonds. The summed E-state index contributed by atoms with van der Waals surface area (Å²) >= 11 is 1.49. The van der Waals surface area contributed by atoms with E-state index in [0.29, 0.717) is 5.75 Å². The Labute approximate surface area is 160 Å². The van der Waals surface area contributed by atoms with E-state index in [1.54, 1.807) is 7.05 Å². The van der Waals surface area contributed by atoms with E-state index in [9.17, 15) is 9.59 Å². The lowest BCUT2D eigenvalue weighted by Crippen LogP contribution is -2.36. The van der Waals surface area contributed by atoms with E-state index < -0.39 is 0 Å². The number of likely N-dealkylation sites (N-methyl/N-ethyl adjacent to an activating group) is 1. The fourth-order valence-corrected chi connectivity index (χ4v) is 3.49. The highest BCUT2D eigenvalue weighted by Crippen LogP contribution is 2.22. The molecule has 0 atom stereocenters. The summed E-state index contributed by atoms with van der Waals surface area (Å²) in [6, 6.07) is 12.0. The van der Waals surface area contributed by atoms with Crippen molar-refractivity contribution >= 4 is 29.3 Å². The third kappa shape index (κ3) is 5.36. The number of carbonyl (C=O) groups is 2. The fourth-order valence-electron chi connectivity index (χ4n) is 2.55. The molecule has 2 aromatic rings. The smallest absolute Gasteiger partial charge is 0.243 e. The van der Waals surface area contributed by atoms with Crippen LogP contribution in [0.25, 0.3) is 0 Å². The van der Waals surface area contributed by atoms with Gasteiger partial charge in [0.2, 0.25) is 11.8 Å². The Morgan fingerprint density at radius 1 is 0.962 bits per heavy atom. The number of hydrogen-bond donors (Lipinski definition) is 1. The second-order valence-electron chi connectivity index (χ2n) is 6.60. The fraction of sp³-hybridized carbons (Fsp3) is 0.333. The molecule has 2 aromatic carbocycles. The van der Waals surface area contributed by atoms with Crippen LogP contribution in [0.2, 0.25) is 0 Å². The van der Waals surface area contributed by atoms with Crippen LogP contribution in [0.3, 0.4) is 0 Å². The Bertz CT molecular complexity index is 797. The lowest BCUT2D eigenvalue weighted by atomic mass is 10.1. The van der Waals surface area contributed by atoms with Gasteiger partial charge in [-0.25, -0.2) is 0 Å². The molecule has 0 aliphatic rings. The number of para-hydroxylation sites is 1. The quantitative estimate of drug-likeness (QED) is 0.779. The maximum atomic E-state index is 12.3. The molecule has 138 valence electrons. The number of anilines is 1. The van der Waals surface area contributed by atoms with Crippen LogP contribution in [0, 0.1) is 27.7 Å². The van der Waals surface area contributed by atoms with Crippen LogP contribution >= 0.6 is 11.8 Å². The lowest BCUT2D eigenvalue weighted by molar-refractivity contribution is -0.131. The number of nitrogens with one attached hydrogen (secondary N) is 1. The van der Waals surface area contributed by atoms with Crippen molar-refractivity contribution in [3.63, 3.8) is 0 Å². The van der Waals surface area contributed by atoms with Gasteiger partial charge in [-0.05, 0) is 62.1 Å². The van der Waals surface area contributed by atoms with Crippen LogP contribution in [-0.4, -0.2) is 36.1 Å². The first kappa shape index (κ1) is 20.0. The van der Waals surface area contributed by atoms with Crippen molar-refractivity contribution in [3.8, 4) is 0 Å². The second kappa shape index (κ2) is 8.90. The summed E-state index contributed by atoms with van der Waals surface area (Å²) in [6.45, 7) is 8.08. The summed E-state index contributed by atoms with van der Waals surface area (Å²) in [5.41, 5.74) is 5.29. The molecule has 0 radical (unpaired) electrons. The molecule has 4 nitrogen and oxygen atoms in total. The summed E-state index contributed by atoms with van der Waals surface area (Å²) in [6.07, 6.45) is 0. The average Bonchev–Trinajstić information content (AvgIpc) is 2.59. The van der Waals surface area contributed by atoms with Crippen LogP contribution in [-0.2, 0) is 9.59 Å². The molecule has 0 bridgehead atoms. The topological polar surface area (TPSA) is 49.4 Å². The summed E-state index contributed by atoms with van der Waals surface area (Å²) in [4.78, 5) is 27.1. The summed E-state index contributed by atoms with van der Waals surface area (Å²) < 4.78 is 0. The molecule has 0 saturated carbocycles. The van der Waals surface area contributed by atoms with Crippen molar-refractivity contribution < 1.29 is 9.59 Å². The zero-order chi connectivity index (χ0) is 19.3. The predicted molar refractivity (Wildman–Crippen MR) is 109 cm³/mol. The van der Waals surface area contributed by atoms with Gasteiger partial charge in [-0.15, -0.1) is 11.8 Å². The van der Waals surface area contributed by atoms with E-state index in [1.807, 2.05) is 38.1 Å². The maximum absolute atomic E-state index is 12.3. The van der Waals surface area contributed by atoms with Gasteiger partial charge in [0.05, 0.1) is 12.3 Å². The Kier molecular flexibility index (Phi) is 6.86. The number of thioether (sulfide) groups is 1. The first-order chi connectivity index (χ1) is 12.3. The highest BCUT2D eigenvalue weighted by molar-refractivity contribution is 8.00.